The molecular formula is C15H14F3N. The smallest absolute Gasteiger partial charge is 0.166 e. The molecule has 0 aliphatic heterocycles. The Bertz CT molecular complexity index is 582. The van der Waals surface area contributed by atoms with E-state index < -0.39 is 17.5 Å². The van der Waals surface area contributed by atoms with Gasteiger partial charge in [0.2, 0.25) is 0 Å². The Labute approximate surface area is 110 Å². The predicted octanol–water partition coefficient (Wildman–Crippen LogP) is 3.88. The van der Waals surface area contributed by atoms with Gasteiger partial charge in [0.25, 0.3) is 0 Å². The average Bonchev–Trinajstić information content (AvgIpc) is 2.40. The quantitative estimate of drug-likeness (QED) is 0.884. The van der Waals surface area contributed by atoms with Gasteiger partial charge >= 0.3 is 0 Å². The van der Waals surface area contributed by atoms with Crippen LogP contribution >= 0.6 is 0 Å². The molecule has 1 N–H and O–H groups in total. The van der Waals surface area contributed by atoms with Crippen LogP contribution in [0, 0.1) is 17.5 Å². The molecule has 0 saturated heterocycles. The maximum Gasteiger partial charge on any atom is 0.166 e. The van der Waals surface area contributed by atoms with Crippen LogP contribution in [0.3, 0.4) is 0 Å². The molecule has 0 aromatic heterocycles. The maximum absolute atomic E-state index is 13.8. The highest BCUT2D eigenvalue weighted by Crippen LogP contribution is 2.26. The fourth-order valence-corrected chi connectivity index (χ4v) is 1.84. The fourth-order valence-electron chi connectivity index (χ4n) is 1.84. The van der Waals surface area contributed by atoms with Crippen molar-refractivity contribution in [2.24, 2.45) is 0 Å². The zero-order valence-electron chi connectivity index (χ0n) is 10.5. The van der Waals surface area contributed by atoms with Gasteiger partial charge in [0.1, 0.15) is 5.82 Å². The first-order valence-electron chi connectivity index (χ1n) is 6.07. The summed E-state index contributed by atoms with van der Waals surface area (Å²) in [6.45, 7) is 3.07. The van der Waals surface area contributed by atoms with Crippen LogP contribution in [0.2, 0.25) is 0 Å². The average molecular weight is 265 g/mol. The number of hydrogen-bond acceptors (Lipinski definition) is 1. The van der Waals surface area contributed by atoms with Crippen LogP contribution in [0.4, 0.5) is 13.2 Å². The van der Waals surface area contributed by atoms with Crippen LogP contribution in [0.15, 0.2) is 36.4 Å². The van der Waals surface area contributed by atoms with Gasteiger partial charge in [0.05, 0.1) is 0 Å². The van der Waals surface area contributed by atoms with E-state index in [9.17, 15) is 13.2 Å². The molecule has 2 rings (SSSR count). The third-order valence-corrected chi connectivity index (χ3v) is 2.88. The van der Waals surface area contributed by atoms with Crippen LogP contribution in [0.25, 0.3) is 11.1 Å². The summed E-state index contributed by atoms with van der Waals surface area (Å²) in [6, 6.07) is 8.26. The van der Waals surface area contributed by atoms with Crippen LogP contribution < -0.4 is 5.32 Å². The molecule has 2 aromatic rings. The lowest BCUT2D eigenvalue weighted by Gasteiger charge is -2.08. The Kier molecular flexibility index (Phi) is 4.22. The van der Waals surface area contributed by atoms with Crippen molar-refractivity contribution < 1.29 is 13.2 Å². The van der Waals surface area contributed by atoms with E-state index in [0.717, 1.165) is 12.6 Å². The van der Waals surface area contributed by atoms with Gasteiger partial charge in [-0.25, -0.2) is 13.2 Å². The summed E-state index contributed by atoms with van der Waals surface area (Å²) in [6.07, 6.45) is 0. The third kappa shape index (κ3) is 2.96. The number of halogens is 3. The van der Waals surface area contributed by atoms with Crippen molar-refractivity contribution in [2.45, 2.75) is 13.5 Å². The van der Waals surface area contributed by atoms with Crippen molar-refractivity contribution in [3.05, 3.63) is 59.4 Å². The summed E-state index contributed by atoms with van der Waals surface area (Å²) in [5.41, 5.74) is 0.895. The minimum atomic E-state index is -0.957. The van der Waals surface area contributed by atoms with E-state index in [1.165, 1.54) is 18.2 Å². The molecule has 0 saturated carbocycles. The molecule has 0 amide bonds. The van der Waals surface area contributed by atoms with Crippen LogP contribution in [0.5, 0.6) is 0 Å². The maximum atomic E-state index is 13.8. The van der Waals surface area contributed by atoms with Crippen molar-refractivity contribution >= 4 is 0 Å². The second-order valence-electron chi connectivity index (χ2n) is 4.19. The molecule has 0 heterocycles. The van der Waals surface area contributed by atoms with Gasteiger partial charge in [0.15, 0.2) is 11.6 Å². The third-order valence-electron chi connectivity index (χ3n) is 2.88. The predicted molar refractivity (Wildman–Crippen MR) is 69.1 cm³/mol. The Morgan fingerprint density at radius 2 is 1.79 bits per heavy atom. The van der Waals surface area contributed by atoms with E-state index in [4.69, 9.17) is 0 Å². The first kappa shape index (κ1) is 13.6. The zero-order valence-corrected chi connectivity index (χ0v) is 10.5. The Hall–Kier alpha value is -1.81. The number of nitrogens with one attached hydrogen (secondary N) is 1. The highest BCUT2D eigenvalue weighted by Gasteiger charge is 2.11. The van der Waals surface area contributed by atoms with E-state index in [0.29, 0.717) is 17.7 Å². The number of rotatable bonds is 4. The highest BCUT2D eigenvalue weighted by atomic mass is 19.2. The number of benzene rings is 2. The molecule has 1 nitrogen and oxygen atoms in total. The molecule has 0 spiro atoms. The summed E-state index contributed by atoms with van der Waals surface area (Å²) in [5.74, 6) is -2.32. The van der Waals surface area contributed by atoms with Gasteiger partial charge in [-0.2, -0.15) is 0 Å². The van der Waals surface area contributed by atoms with Gasteiger partial charge < -0.3 is 5.32 Å². The van der Waals surface area contributed by atoms with E-state index in [1.54, 1.807) is 12.1 Å². The molecule has 0 radical (unpaired) electrons. The molecule has 100 valence electrons. The Morgan fingerprint density at radius 3 is 2.47 bits per heavy atom. The van der Waals surface area contributed by atoms with Gasteiger partial charge in [-0.1, -0.05) is 31.2 Å². The van der Waals surface area contributed by atoms with E-state index in [1.807, 2.05) is 6.92 Å². The molecule has 2 aromatic carbocycles. The summed E-state index contributed by atoms with van der Waals surface area (Å²) in [4.78, 5) is 0. The van der Waals surface area contributed by atoms with Crippen molar-refractivity contribution in [1.29, 1.82) is 0 Å². The molecule has 0 atom stereocenters. The second kappa shape index (κ2) is 5.89. The first-order valence-corrected chi connectivity index (χ1v) is 6.07. The molecule has 4 heteroatoms. The second-order valence-corrected chi connectivity index (χ2v) is 4.19. The highest BCUT2D eigenvalue weighted by molar-refractivity contribution is 5.64. The van der Waals surface area contributed by atoms with E-state index >= 15 is 0 Å². The van der Waals surface area contributed by atoms with E-state index in [2.05, 4.69) is 5.32 Å². The minimum Gasteiger partial charge on any atom is -0.313 e. The number of hydrogen-bond donors (Lipinski definition) is 1. The molecule has 0 aliphatic carbocycles. The SMILES string of the molecule is CCNCc1ccc(-c2cccc(F)c2F)cc1F. The lowest BCUT2D eigenvalue weighted by molar-refractivity contribution is 0.511. The molecule has 0 fully saturated rings. The molecule has 0 aliphatic rings. The lowest BCUT2D eigenvalue weighted by Crippen LogP contribution is -2.12. The Morgan fingerprint density at radius 1 is 1.00 bits per heavy atom. The molecule has 19 heavy (non-hydrogen) atoms. The fraction of sp³-hybridized carbons (Fsp3) is 0.200. The lowest BCUT2D eigenvalue weighted by atomic mass is 10.0. The van der Waals surface area contributed by atoms with Gasteiger partial charge in [-0.15, -0.1) is 0 Å². The summed E-state index contributed by atoms with van der Waals surface area (Å²) in [7, 11) is 0. The molecule has 0 bridgehead atoms. The van der Waals surface area contributed by atoms with Crippen molar-refractivity contribution in [3.8, 4) is 11.1 Å². The molecular weight excluding hydrogens is 251 g/mol. The summed E-state index contributed by atoms with van der Waals surface area (Å²) < 4.78 is 40.6. The zero-order chi connectivity index (χ0) is 13.8. The summed E-state index contributed by atoms with van der Waals surface area (Å²) >= 11 is 0. The van der Waals surface area contributed by atoms with Crippen LogP contribution in [-0.2, 0) is 6.54 Å². The van der Waals surface area contributed by atoms with Crippen LogP contribution in [-0.4, -0.2) is 6.54 Å². The normalized spacial score (nSPS) is 10.7. The topological polar surface area (TPSA) is 12.0 Å². The first-order chi connectivity index (χ1) is 9.13. The molecule has 0 unspecified atom stereocenters. The van der Waals surface area contributed by atoms with Crippen molar-refractivity contribution in [3.63, 3.8) is 0 Å². The van der Waals surface area contributed by atoms with E-state index in [-0.39, 0.29) is 5.56 Å². The largest absolute Gasteiger partial charge is 0.313 e. The summed E-state index contributed by atoms with van der Waals surface area (Å²) in [5, 5.41) is 3.01. The monoisotopic (exact) mass is 265 g/mol. The van der Waals surface area contributed by atoms with Crippen LogP contribution in [0.1, 0.15) is 12.5 Å². The van der Waals surface area contributed by atoms with Gasteiger partial charge in [-0.3, -0.25) is 0 Å². The Balaban J connectivity index is 2.36. The standard InChI is InChI=1S/C15H14F3N/c1-2-19-9-11-7-6-10(8-14(11)17)12-4-3-5-13(16)15(12)18/h3-8,19H,2,9H2,1H3. The minimum absolute atomic E-state index is 0.0638. The van der Waals surface area contributed by atoms with Gasteiger partial charge in [0, 0.05) is 17.7 Å². The van der Waals surface area contributed by atoms with Crippen molar-refractivity contribution in [1.82, 2.24) is 5.32 Å². The van der Waals surface area contributed by atoms with Crippen molar-refractivity contribution in [2.75, 3.05) is 6.54 Å². The van der Waals surface area contributed by atoms with Gasteiger partial charge in [-0.05, 0) is 24.2 Å².